The number of rotatable bonds is 14. The molecule has 0 spiro atoms. The Hall–Kier alpha value is -4.77. The maximum Gasteiger partial charge on any atom is 0.408 e. The molecule has 244 valence electrons. The number of nitrogens with zero attached hydrogens (tertiary/aromatic N) is 1. The summed E-state index contributed by atoms with van der Waals surface area (Å²) in [5, 5.41) is 15.7. The van der Waals surface area contributed by atoms with Crippen LogP contribution in [0.25, 0.3) is 0 Å². The predicted molar refractivity (Wildman–Crippen MR) is 182 cm³/mol. The van der Waals surface area contributed by atoms with Gasteiger partial charge in [0.1, 0.15) is 23.4 Å². The minimum atomic E-state index is -1.06. The van der Waals surface area contributed by atoms with E-state index in [-0.39, 0.29) is 24.6 Å². The summed E-state index contributed by atoms with van der Waals surface area (Å²) >= 11 is 0. The average molecular weight is 626 g/mol. The van der Waals surface area contributed by atoms with Gasteiger partial charge in [-0.3, -0.25) is 9.59 Å². The number of nitrogens with one attached hydrogen (secondary N) is 2. The molecule has 0 heterocycles. The zero-order chi connectivity index (χ0) is 33.7. The van der Waals surface area contributed by atoms with Crippen LogP contribution in [0.1, 0.15) is 88.1 Å². The van der Waals surface area contributed by atoms with E-state index in [1.807, 2.05) is 31.2 Å². The molecule has 3 aromatic carbocycles. The Labute approximate surface area is 273 Å². The molecule has 46 heavy (non-hydrogen) atoms. The van der Waals surface area contributed by atoms with Crippen LogP contribution in [-0.4, -0.2) is 46.1 Å². The van der Waals surface area contributed by atoms with Crippen LogP contribution >= 0.6 is 0 Å². The summed E-state index contributed by atoms with van der Waals surface area (Å²) in [5.74, 6) is 1.88. The number of carbonyl (C=O) groups excluding carboxylic acids is 3. The van der Waals surface area contributed by atoms with E-state index >= 15 is 0 Å². The van der Waals surface area contributed by atoms with Crippen LogP contribution in [0, 0.1) is 19.3 Å². The van der Waals surface area contributed by atoms with Gasteiger partial charge in [-0.25, -0.2) is 4.79 Å². The van der Waals surface area contributed by atoms with Crippen molar-refractivity contribution in [2.45, 2.75) is 90.8 Å². The zero-order valence-electron chi connectivity index (χ0n) is 27.6. The summed E-state index contributed by atoms with van der Waals surface area (Å²) in [6.45, 7) is 9.57. The van der Waals surface area contributed by atoms with Gasteiger partial charge >= 0.3 is 6.09 Å². The van der Waals surface area contributed by atoms with Gasteiger partial charge in [0.25, 0.3) is 5.91 Å². The highest BCUT2D eigenvalue weighted by molar-refractivity contribution is 5.99. The first-order valence-corrected chi connectivity index (χ1v) is 15.9. The van der Waals surface area contributed by atoms with E-state index in [9.17, 15) is 19.5 Å². The highest BCUT2D eigenvalue weighted by Gasteiger charge is 2.36. The van der Waals surface area contributed by atoms with E-state index < -0.39 is 29.7 Å². The molecule has 3 amide bonds. The summed E-state index contributed by atoms with van der Waals surface area (Å²) in [6, 6.07) is 18.9. The third kappa shape index (κ3) is 11.0. The molecule has 8 heteroatoms. The van der Waals surface area contributed by atoms with Crippen molar-refractivity contribution in [2.75, 3.05) is 11.9 Å². The Morgan fingerprint density at radius 2 is 1.59 bits per heavy atom. The molecule has 2 unspecified atom stereocenters. The lowest BCUT2D eigenvalue weighted by atomic mass is 9.98. The standard InChI is InChI=1S/C38H47N3O5/c1-7-9-10-11-14-25-41(36(44)33(40-37(45)46-38(4,5)6)26-29-19-23-31(42)24-20-29)34(30-21-17-28(8-2)18-22-30)35(43)39-32-16-13-12-15-27(32)3/h2,12-13,15-24,33-34,42H,7,9-11,14,25-26H2,1,3-6H3,(H,39,43)(H,40,45). The topological polar surface area (TPSA) is 108 Å². The Morgan fingerprint density at radius 1 is 0.935 bits per heavy atom. The van der Waals surface area contributed by atoms with E-state index in [0.29, 0.717) is 23.2 Å². The maximum atomic E-state index is 14.7. The smallest absolute Gasteiger partial charge is 0.408 e. The van der Waals surface area contributed by atoms with Crippen LogP contribution < -0.4 is 10.6 Å². The van der Waals surface area contributed by atoms with Crippen LogP contribution in [0.3, 0.4) is 0 Å². The van der Waals surface area contributed by atoms with Gasteiger partial charge in [-0.15, -0.1) is 6.42 Å². The molecule has 0 aliphatic rings. The number of benzene rings is 3. The lowest BCUT2D eigenvalue weighted by Gasteiger charge is -2.35. The number of hydrogen-bond acceptors (Lipinski definition) is 5. The lowest BCUT2D eigenvalue weighted by Crippen LogP contribution is -2.53. The molecule has 0 aliphatic heterocycles. The summed E-state index contributed by atoms with van der Waals surface area (Å²) in [4.78, 5) is 43.6. The SMILES string of the molecule is C#Cc1ccc(C(C(=O)Nc2ccccc2C)N(CCCCCCC)C(=O)C(Cc2ccc(O)cc2)NC(=O)OC(C)(C)C)cc1. The minimum Gasteiger partial charge on any atom is -0.508 e. The molecule has 0 saturated heterocycles. The predicted octanol–water partition coefficient (Wildman–Crippen LogP) is 7.30. The Bertz CT molecular complexity index is 1490. The van der Waals surface area contributed by atoms with Gasteiger partial charge in [-0.1, -0.05) is 81.0 Å². The first-order valence-electron chi connectivity index (χ1n) is 15.9. The zero-order valence-corrected chi connectivity index (χ0v) is 27.6. The molecule has 0 fully saturated rings. The van der Waals surface area contributed by atoms with E-state index in [1.165, 1.54) is 12.1 Å². The molecule has 0 aromatic heterocycles. The number of alkyl carbamates (subject to hydrolysis) is 1. The van der Waals surface area contributed by atoms with Crippen molar-refractivity contribution in [3.05, 3.63) is 95.1 Å². The molecular weight excluding hydrogens is 578 g/mol. The molecule has 0 saturated carbocycles. The van der Waals surface area contributed by atoms with Gasteiger partial charge in [0.05, 0.1) is 0 Å². The first-order chi connectivity index (χ1) is 21.9. The Kier molecular flexibility index (Phi) is 13.2. The number of aryl methyl sites for hydroxylation is 1. The summed E-state index contributed by atoms with van der Waals surface area (Å²) in [6.07, 6.45) is 9.68. The highest BCUT2D eigenvalue weighted by Crippen LogP contribution is 2.27. The third-order valence-electron chi connectivity index (χ3n) is 7.51. The second-order valence-electron chi connectivity index (χ2n) is 12.5. The number of unbranched alkanes of at least 4 members (excludes halogenated alkanes) is 4. The fourth-order valence-electron chi connectivity index (χ4n) is 5.12. The molecular formula is C38H47N3O5. The fraction of sp³-hybridized carbons (Fsp3) is 0.395. The van der Waals surface area contributed by atoms with Crippen LogP contribution in [0.4, 0.5) is 10.5 Å². The Morgan fingerprint density at radius 3 is 2.20 bits per heavy atom. The van der Waals surface area contributed by atoms with Gasteiger partial charge < -0.3 is 25.4 Å². The number of phenols is 1. The van der Waals surface area contributed by atoms with E-state index in [4.69, 9.17) is 11.2 Å². The Balaban J connectivity index is 2.09. The van der Waals surface area contributed by atoms with Gasteiger partial charge in [0, 0.05) is 24.2 Å². The number of ether oxygens (including phenoxy) is 1. The molecule has 3 N–H and O–H groups in total. The number of anilines is 1. The van der Waals surface area contributed by atoms with Crippen molar-refractivity contribution < 1.29 is 24.2 Å². The monoisotopic (exact) mass is 625 g/mol. The van der Waals surface area contributed by atoms with Crippen molar-refractivity contribution in [2.24, 2.45) is 0 Å². The van der Waals surface area contributed by atoms with Crippen LogP contribution in [0.2, 0.25) is 0 Å². The van der Waals surface area contributed by atoms with E-state index in [2.05, 4.69) is 23.5 Å². The molecule has 0 radical (unpaired) electrons. The van der Waals surface area contributed by atoms with Crippen LogP contribution in [0.5, 0.6) is 5.75 Å². The van der Waals surface area contributed by atoms with Crippen molar-refractivity contribution in [3.63, 3.8) is 0 Å². The molecule has 3 rings (SSSR count). The molecule has 0 bridgehead atoms. The highest BCUT2D eigenvalue weighted by atomic mass is 16.6. The second kappa shape index (κ2) is 17.1. The van der Waals surface area contributed by atoms with Gasteiger partial charge in [0.2, 0.25) is 5.91 Å². The van der Waals surface area contributed by atoms with E-state index in [0.717, 1.165) is 36.8 Å². The molecule has 8 nitrogen and oxygen atoms in total. The normalized spacial score (nSPS) is 12.3. The summed E-state index contributed by atoms with van der Waals surface area (Å²) in [7, 11) is 0. The number of amides is 3. The second-order valence-corrected chi connectivity index (χ2v) is 12.5. The third-order valence-corrected chi connectivity index (χ3v) is 7.51. The number of terminal acetylenes is 1. The number of carbonyl (C=O) groups is 3. The minimum absolute atomic E-state index is 0.0868. The molecule has 3 aromatic rings. The van der Waals surface area contributed by atoms with Gasteiger partial charge in [-0.2, -0.15) is 0 Å². The number of para-hydroxylation sites is 1. The average Bonchev–Trinajstić information content (AvgIpc) is 3.01. The lowest BCUT2D eigenvalue weighted by molar-refractivity contribution is -0.140. The van der Waals surface area contributed by atoms with Crippen molar-refractivity contribution >= 4 is 23.6 Å². The first kappa shape index (κ1) is 35.7. The molecule has 0 aliphatic carbocycles. The maximum absolute atomic E-state index is 14.7. The number of hydrogen-bond donors (Lipinski definition) is 3. The van der Waals surface area contributed by atoms with E-state index in [1.54, 1.807) is 62.1 Å². The van der Waals surface area contributed by atoms with Crippen molar-refractivity contribution in [3.8, 4) is 18.1 Å². The quantitative estimate of drug-likeness (QED) is 0.129. The molecule has 2 atom stereocenters. The van der Waals surface area contributed by atoms with Crippen LogP contribution in [0.15, 0.2) is 72.8 Å². The van der Waals surface area contributed by atoms with Gasteiger partial charge in [-0.05, 0) is 81.1 Å². The van der Waals surface area contributed by atoms with Gasteiger partial charge in [0.15, 0.2) is 0 Å². The largest absolute Gasteiger partial charge is 0.508 e. The summed E-state index contributed by atoms with van der Waals surface area (Å²) in [5.41, 5.74) is 2.69. The van der Waals surface area contributed by atoms with Crippen molar-refractivity contribution in [1.82, 2.24) is 10.2 Å². The summed E-state index contributed by atoms with van der Waals surface area (Å²) < 4.78 is 5.53. The number of phenolic OH excluding ortho intramolecular Hbond substituents is 1. The van der Waals surface area contributed by atoms with Crippen molar-refractivity contribution in [1.29, 1.82) is 0 Å². The number of aromatic hydroxyl groups is 1. The van der Waals surface area contributed by atoms with Crippen LogP contribution in [-0.2, 0) is 20.7 Å². The fourth-order valence-corrected chi connectivity index (χ4v) is 5.12.